The smallest absolute Gasteiger partial charge is 0.339 e. The Hall–Kier alpha value is -2.90. The highest BCUT2D eigenvalue weighted by atomic mass is 127. The van der Waals surface area contributed by atoms with Crippen molar-refractivity contribution in [2.75, 3.05) is 13.2 Å². The molecular formula is C30H29ClINO8S. The standard InChI is InChI=1S/C30H29ClINO8S/c1-2-40-25-16-17(15-20(32)30(25)41-42(38,39)19-11-9-18(31)10-12-19)27-28-21(5-3-7-23(28)34)33(14-13-26(36)37)22-6-4-8-24(35)29(22)27/h9-12,15-16,27H,2-8,13-14H2,1H3,(H,36,37). The molecule has 9 nitrogen and oxygen atoms in total. The number of carbonyl (C=O) groups is 3. The van der Waals surface area contributed by atoms with Crippen LogP contribution in [0.15, 0.2) is 63.8 Å². The molecule has 1 aliphatic heterocycles. The number of nitrogens with zero attached hydrogens (tertiary/aromatic N) is 1. The minimum Gasteiger partial charge on any atom is -0.490 e. The molecule has 0 spiro atoms. The Balaban J connectivity index is 1.65. The first-order valence-electron chi connectivity index (χ1n) is 13.7. The van der Waals surface area contributed by atoms with Gasteiger partial charge in [-0.2, -0.15) is 8.42 Å². The SMILES string of the molecule is CCOc1cc(C2C3=C(CCCC3=O)N(CCC(=O)O)C3=C2C(=O)CCC3)cc(I)c1OS(=O)(=O)c1ccc(Cl)cc1. The lowest BCUT2D eigenvalue weighted by molar-refractivity contribution is -0.137. The third kappa shape index (κ3) is 5.96. The van der Waals surface area contributed by atoms with Gasteiger partial charge in [0.2, 0.25) is 0 Å². The van der Waals surface area contributed by atoms with E-state index in [0.717, 1.165) is 11.4 Å². The maximum Gasteiger partial charge on any atom is 0.339 e. The van der Waals surface area contributed by atoms with E-state index in [0.29, 0.717) is 63.8 Å². The Labute approximate surface area is 262 Å². The van der Waals surface area contributed by atoms with E-state index < -0.39 is 22.0 Å². The number of benzene rings is 2. The molecule has 0 amide bonds. The minimum absolute atomic E-state index is 0.00314. The molecule has 0 bridgehead atoms. The van der Waals surface area contributed by atoms with Crippen molar-refractivity contribution in [2.24, 2.45) is 0 Å². The average molecular weight is 726 g/mol. The molecule has 12 heteroatoms. The van der Waals surface area contributed by atoms with Crippen LogP contribution in [0.25, 0.3) is 0 Å². The van der Waals surface area contributed by atoms with Gasteiger partial charge in [0.05, 0.1) is 16.6 Å². The molecule has 0 radical (unpaired) electrons. The number of ketones is 2. The zero-order valence-electron chi connectivity index (χ0n) is 22.8. The molecule has 0 atom stereocenters. The largest absolute Gasteiger partial charge is 0.490 e. The van der Waals surface area contributed by atoms with Crippen LogP contribution in [0, 0.1) is 3.57 Å². The summed E-state index contributed by atoms with van der Waals surface area (Å²) in [5, 5.41) is 9.79. The highest BCUT2D eigenvalue weighted by molar-refractivity contribution is 14.1. The number of rotatable bonds is 9. The predicted molar refractivity (Wildman–Crippen MR) is 163 cm³/mol. The van der Waals surface area contributed by atoms with Gasteiger partial charge in [0, 0.05) is 52.9 Å². The number of hydrogen-bond donors (Lipinski definition) is 1. The summed E-state index contributed by atoms with van der Waals surface area (Å²) in [4.78, 5) is 40.4. The summed E-state index contributed by atoms with van der Waals surface area (Å²) >= 11 is 7.90. The molecule has 0 fully saturated rings. The number of carboxylic acids is 1. The summed E-state index contributed by atoms with van der Waals surface area (Å²) in [5.41, 5.74) is 3.15. The van der Waals surface area contributed by atoms with E-state index in [1.807, 2.05) is 27.5 Å². The number of carbonyl (C=O) groups excluding carboxylic acids is 2. The Kier molecular flexibility index (Phi) is 9.00. The lowest BCUT2D eigenvalue weighted by atomic mass is 9.71. The van der Waals surface area contributed by atoms with Gasteiger partial charge >= 0.3 is 16.1 Å². The number of hydrogen-bond acceptors (Lipinski definition) is 8. The van der Waals surface area contributed by atoms with E-state index >= 15 is 0 Å². The first kappa shape index (κ1) is 30.6. The zero-order valence-corrected chi connectivity index (χ0v) is 26.6. The third-order valence-electron chi connectivity index (χ3n) is 7.60. The molecule has 0 unspecified atom stereocenters. The van der Waals surface area contributed by atoms with E-state index in [1.54, 1.807) is 19.1 Å². The van der Waals surface area contributed by atoms with Crippen LogP contribution in [0.1, 0.15) is 63.4 Å². The van der Waals surface area contributed by atoms with Gasteiger partial charge < -0.3 is 18.9 Å². The van der Waals surface area contributed by atoms with Crippen LogP contribution in [-0.2, 0) is 24.5 Å². The average Bonchev–Trinajstić information content (AvgIpc) is 2.93. The molecule has 1 N–H and O–H groups in total. The minimum atomic E-state index is -4.23. The molecule has 2 aliphatic carbocycles. The van der Waals surface area contributed by atoms with Crippen molar-refractivity contribution >= 4 is 61.8 Å². The zero-order chi connectivity index (χ0) is 30.2. The van der Waals surface area contributed by atoms with Gasteiger partial charge in [0.1, 0.15) is 4.90 Å². The molecular weight excluding hydrogens is 697 g/mol. The van der Waals surface area contributed by atoms with Crippen LogP contribution in [0.2, 0.25) is 5.02 Å². The van der Waals surface area contributed by atoms with Gasteiger partial charge in [-0.15, -0.1) is 0 Å². The van der Waals surface area contributed by atoms with Crippen molar-refractivity contribution in [3.63, 3.8) is 0 Å². The maximum absolute atomic E-state index is 13.5. The lowest BCUT2D eigenvalue weighted by Crippen LogP contribution is -2.40. The van der Waals surface area contributed by atoms with Crippen molar-refractivity contribution < 1.29 is 36.8 Å². The topological polar surface area (TPSA) is 127 Å². The van der Waals surface area contributed by atoms with Gasteiger partial charge in [-0.05, 0) is 97.2 Å². The van der Waals surface area contributed by atoms with Gasteiger partial charge in [-0.1, -0.05) is 11.6 Å². The Morgan fingerprint density at radius 3 is 2.17 bits per heavy atom. The highest BCUT2D eigenvalue weighted by Crippen LogP contribution is 2.51. The summed E-state index contributed by atoms with van der Waals surface area (Å²) < 4.78 is 38.2. The maximum atomic E-state index is 13.5. The monoisotopic (exact) mass is 725 g/mol. The summed E-state index contributed by atoms with van der Waals surface area (Å²) in [6.45, 7) is 2.15. The Morgan fingerprint density at radius 2 is 1.62 bits per heavy atom. The number of Topliss-reactive ketones (excluding diaryl/α,β-unsaturated/α-hetero) is 2. The summed E-state index contributed by atoms with van der Waals surface area (Å²) in [6, 6.07) is 8.99. The fraction of sp³-hybridized carbons (Fsp3) is 0.367. The summed E-state index contributed by atoms with van der Waals surface area (Å²) in [5.74, 6) is -1.61. The highest BCUT2D eigenvalue weighted by Gasteiger charge is 2.43. The Morgan fingerprint density at radius 1 is 1.02 bits per heavy atom. The quantitative estimate of drug-likeness (QED) is 0.245. The van der Waals surface area contributed by atoms with Crippen LogP contribution in [0.5, 0.6) is 11.5 Å². The van der Waals surface area contributed by atoms with Gasteiger partial charge in [-0.25, -0.2) is 0 Å². The van der Waals surface area contributed by atoms with E-state index in [9.17, 15) is 27.9 Å². The molecule has 3 aliphatic rings. The van der Waals surface area contributed by atoms with Crippen molar-refractivity contribution in [1.82, 2.24) is 4.90 Å². The van der Waals surface area contributed by atoms with Crippen LogP contribution in [0.4, 0.5) is 0 Å². The van der Waals surface area contributed by atoms with Crippen LogP contribution < -0.4 is 8.92 Å². The van der Waals surface area contributed by atoms with E-state index in [2.05, 4.69) is 0 Å². The van der Waals surface area contributed by atoms with Crippen LogP contribution in [-0.4, -0.2) is 49.1 Å². The van der Waals surface area contributed by atoms with Crippen molar-refractivity contribution in [3.05, 3.63) is 73.1 Å². The van der Waals surface area contributed by atoms with Gasteiger partial charge in [0.25, 0.3) is 0 Å². The molecule has 2 aromatic rings. The van der Waals surface area contributed by atoms with Crippen LogP contribution >= 0.6 is 34.2 Å². The number of allylic oxidation sites excluding steroid dienone is 4. The van der Waals surface area contributed by atoms with Crippen molar-refractivity contribution in [1.29, 1.82) is 0 Å². The normalized spacial score (nSPS) is 17.7. The van der Waals surface area contributed by atoms with Gasteiger partial charge in [-0.3, -0.25) is 14.4 Å². The lowest BCUT2D eigenvalue weighted by Gasteiger charge is -2.44. The summed E-state index contributed by atoms with van der Waals surface area (Å²) in [6.07, 6.45) is 3.00. The number of ether oxygens (including phenoxy) is 1. The van der Waals surface area contributed by atoms with E-state index in [1.165, 1.54) is 24.3 Å². The van der Waals surface area contributed by atoms with E-state index in [4.69, 9.17) is 20.5 Å². The first-order valence-corrected chi connectivity index (χ1v) is 16.6. The molecule has 0 saturated heterocycles. The number of halogens is 2. The molecule has 0 aromatic heterocycles. The third-order valence-corrected chi connectivity index (χ3v) is 9.88. The second-order valence-corrected chi connectivity index (χ2v) is 13.4. The molecule has 1 heterocycles. The first-order chi connectivity index (χ1) is 20.0. The fourth-order valence-electron chi connectivity index (χ4n) is 5.88. The van der Waals surface area contributed by atoms with Gasteiger partial charge in [0.15, 0.2) is 23.1 Å². The number of carboxylic acid groups (broad SMARTS) is 1. The molecule has 0 saturated carbocycles. The predicted octanol–water partition coefficient (Wildman–Crippen LogP) is 6.00. The van der Waals surface area contributed by atoms with E-state index in [-0.39, 0.29) is 47.5 Å². The second-order valence-electron chi connectivity index (χ2n) is 10.3. The fourth-order valence-corrected chi connectivity index (χ4v) is 7.85. The Bertz CT molecular complexity index is 1590. The summed E-state index contributed by atoms with van der Waals surface area (Å²) in [7, 11) is -4.23. The molecule has 5 rings (SSSR count). The molecule has 42 heavy (non-hydrogen) atoms. The molecule has 222 valence electrons. The van der Waals surface area contributed by atoms with Crippen molar-refractivity contribution in [3.8, 4) is 11.5 Å². The van der Waals surface area contributed by atoms with Crippen LogP contribution in [0.3, 0.4) is 0 Å². The second kappa shape index (κ2) is 12.4. The van der Waals surface area contributed by atoms with Crippen molar-refractivity contribution in [2.45, 2.75) is 62.7 Å². The number of aliphatic carboxylic acids is 1. The molecule has 2 aromatic carbocycles.